The van der Waals surface area contributed by atoms with Crippen LogP contribution in [0.5, 0.6) is 11.5 Å². The Bertz CT molecular complexity index is 1040. The minimum absolute atomic E-state index is 0.389. The van der Waals surface area contributed by atoms with E-state index in [0.717, 1.165) is 29.8 Å². The molecule has 0 aliphatic heterocycles. The van der Waals surface area contributed by atoms with E-state index >= 15 is 0 Å². The van der Waals surface area contributed by atoms with Gasteiger partial charge in [0.05, 0.1) is 18.4 Å². The molecule has 0 radical (unpaired) electrons. The van der Waals surface area contributed by atoms with Crippen LogP contribution in [0.25, 0.3) is 0 Å². The van der Waals surface area contributed by atoms with Gasteiger partial charge in [-0.2, -0.15) is 5.10 Å². The normalized spacial score (nSPS) is 10.5. The van der Waals surface area contributed by atoms with E-state index in [1.165, 1.54) is 0 Å². The van der Waals surface area contributed by atoms with E-state index in [4.69, 9.17) is 21.7 Å². The number of ether oxygens (including phenoxy) is 2. The molecule has 2 N–H and O–H groups in total. The van der Waals surface area contributed by atoms with Crippen molar-refractivity contribution < 1.29 is 14.3 Å². The first kappa shape index (κ1) is 23.0. The molecule has 7 heteroatoms. The smallest absolute Gasteiger partial charge is 0.343 e. The van der Waals surface area contributed by atoms with Crippen LogP contribution in [0.2, 0.25) is 0 Å². The fraction of sp³-hybridized carbons (Fsp3) is 0.160. The summed E-state index contributed by atoms with van der Waals surface area (Å²) in [4.78, 5) is 12.3. The predicted molar refractivity (Wildman–Crippen MR) is 132 cm³/mol. The maximum atomic E-state index is 12.3. The van der Waals surface area contributed by atoms with Crippen LogP contribution < -0.4 is 20.2 Å². The third-order valence-corrected chi connectivity index (χ3v) is 4.55. The zero-order chi connectivity index (χ0) is 22.6. The van der Waals surface area contributed by atoms with Crippen molar-refractivity contribution in [2.75, 3.05) is 11.9 Å². The molecule has 6 nitrogen and oxygen atoms in total. The summed E-state index contributed by atoms with van der Waals surface area (Å²) >= 11 is 5.20. The zero-order valence-corrected chi connectivity index (χ0v) is 18.6. The van der Waals surface area contributed by atoms with Gasteiger partial charge in [0.15, 0.2) is 5.11 Å². The van der Waals surface area contributed by atoms with Crippen LogP contribution in [-0.4, -0.2) is 23.9 Å². The van der Waals surface area contributed by atoms with E-state index < -0.39 is 5.97 Å². The summed E-state index contributed by atoms with van der Waals surface area (Å²) in [7, 11) is 0. The molecule has 0 heterocycles. The first-order valence-electron chi connectivity index (χ1n) is 10.3. The second-order valence-electron chi connectivity index (χ2n) is 6.88. The lowest BCUT2D eigenvalue weighted by atomic mass is 10.2. The maximum absolute atomic E-state index is 12.3. The van der Waals surface area contributed by atoms with Crippen LogP contribution in [0.3, 0.4) is 0 Å². The Labute approximate surface area is 193 Å². The molecule has 3 aromatic carbocycles. The number of hydrogen-bond acceptors (Lipinski definition) is 5. The van der Waals surface area contributed by atoms with Crippen LogP contribution in [0, 0.1) is 0 Å². The monoisotopic (exact) mass is 447 g/mol. The molecule has 0 aliphatic carbocycles. The zero-order valence-electron chi connectivity index (χ0n) is 17.8. The molecule has 0 spiro atoms. The quantitative estimate of drug-likeness (QED) is 0.114. The van der Waals surface area contributed by atoms with Gasteiger partial charge in [-0.15, -0.1) is 0 Å². The highest BCUT2D eigenvalue weighted by molar-refractivity contribution is 7.80. The van der Waals surface area contributed by atoms with E-state index in [9.17, 15) is 4.79 Å². The van der Waals surface area contributed by atoms with Gasteiger partial charge in [0.2, 0.25) is 0 Å². The van der Waals surface area contributed by atoms with Crippen molar-refractivity contribution in [3.63, 3.8) is 0 Å². The number of para-hydroxylation sites is 1. The number of hydrazone groups is 1. The van der Waals surface area contributed by atoms with Gasteiger partial charge < -0.3 is 14.8 Å². The van der Waals surface area contributed by atoms with Gasteiger partial charge in [0.1, 0.15) is 11.5 Å². The molecular weight excluding hydrogens is 422 g/mol. The third kappa shape index (κ3) is 7.52. The van der Waals surface area contributed by atoms with Crippen molar-refractivity contribution in [2.24, 2.45) is 5.10 Å². The number of anilines is 1. The van der Waals surface area contributed by atoms with Crippen LogP contribution in [0.1, 0.15) is 35.7 Å². The van der Waals surface area contributed by atoms with Crippen LogP contribution in [0.15, 0.2) is 84.0 Å². The molecule has 0 fully saturated rings. The summed E-state index contributed by atoms with van der Waals surface area (Å²) in [5.41, 5.74) is 4.93. The summed E-state index contributed by atoms with van der Waals surface area (Å²) < 4.78 is 11.0. The lowest BCUT2D eigenvalue weighted by Crippen LogP contribution is -2.23. The molecule has 0 amide bonds. The Morgan fingerprint density at radius 2 is 1.66 bits per heavy atom. The lowest BCUT2D eigenvalue weighted by Gasteiger charge is -2.07. The molecule has 0 aliphatic rings. The molecular formula is C25H25N3O3S. The van der Waals surface area contributed by atoms with E-state index in [0.29, 0.717) is 23.0 Å². The summed E-state index contributed by atoms with van der Waals surface area (Å²) in [5, 5.41) is 7.53. The Hall–Kier alpha value is -3.71. The number of nitrogens with one attached hydrogen (secondary N) is 2. The van der Waals surface area contributed by atoms with Crippen molar-refractivity contribution in [3.8, 4) is 11.5 Å². The Kier molecular flexibility index (Phi) is 8.77. The highest BCUT2D eigenvalue weighted by Crippen LogP contribution is 2.16. The molecule has 3 aromatic rings. The van der Waals surface area contributed by atoms with Crippen LogP contribution in [0.4, 0.5) is 5.69 Å². The second-order valence-corrected chi connectivity index (χ2v) is 7.28. The number of benzene rings is 3. The minimum Gasteiger partial charge on any atom is -0.494 e. The Morgan fingerprint density at radius 3 is 2.34 bits per heavy atom. The molecule has 3 rings (SSSR count). The SMILES string of the molecule is CCCCOc1ccc(C(=O)Oc2ccc(/C=N/NC(=S)Nc3ccccc3)cc2)cc1. The van der Waals surface area contributed by atoms with Gasteiger partial charge in [-0.05, 0) is 84.9 Å². The first-order chi connectivity index (χ1) is 15.6. The number of thiocarbonyl (C=S) groups is 1. The number of rotatable bonds is 9. The van der Waals surface area contributed by atoms with Gasteiger partial charge >= 0.3 is 5.97 Å². The average molecular weight is 448 g/mol. The van der Waals surface area contributed by atoms with Crippen LogP contribution >= 0.6 is 12.2 Å². The van der Waals surface area contributed by atoms with E-state index in [-0.39, 0.29) is 0 Å². The summed E-state index contributed by atoms with van der Waals surface area (Å²) in [5.74, 6) is 0.765. The fourth-order valence-corrected chi connectivity index (χ4v) is 2.83. The van der Waals surface area contributed by atoms with Crippen molar-refractivity contribution in [2.45, 2.75) is 19.8 Å². The minimum atomic E-state index is -0.425. The molecule has 0 aromatic heterocycles. The van der Waals surface area contributed by atoms with E-state index in [1.807, 2.05) is 30.3 Å². The molecule has 164 valence electrons. The highest BCUT2D eigenvalue weighted by Gasteiger charge is 2.09. The van der Waals surface area contributed by atoms with Crippen molar-refractivity contribution >= 4 is 35.2 Å². The van der Waals surface area contributed by atoms with Crippen molar-refractivity contribution in [1.82, 2.24) is 5.43 Å². The molecule has 32 heavy (non-hydrogen) atoms. The maximum Gasteiger partial charge on any atom is 0.343 e. The van der Waals surface area contributed by atoms with Gasteiger partial charge in [0, 0.05) is 5.69 Å². The molecule has 0 unspecified atom stereocenters. The van der Waals surface area contributed by atoms with Crippen LogP contribution in [-0.2, 0) is 0 Å². The molecule has 0 saturated carbocycles. The predicted octanol–water partition coefficient (Wildman–Crippen LogP) is 5.41. The number of hydrogen-bond donors (Lipinski definition) is 2. The number of esters is 1. The topological polar surface area (TPSA) is 72.0 Å². The van der Waals surface area contributed by atoms with Gasteiger partial charge in [-0.3, -0.25) is 5.43 Å². The number of carbonyl (C=O) groups is 1. The Morgan fingerprint density at radius 1 is 0.969 bits per heavy atom. The van der Waals surface area contributed by atoms with Gasteiger partial charge in [-0.1, -0.05) is 31.5 Å². The third-order valence-electron chi connectivity index (χ3n) is 4.36. The molecule has 0 atom stereocenters. The number of carbonyl (C=O) groups excluding carboxylic acids is 1. The summed E-state index contributed by atoms with van der Waals surface area (Å²) in [6, 6.07) is 23.5. The molecule has 0 bridgehead atoms. The highest BCUT2D eigenvalue weighted by atomic mass is 32.1. The Balaban J connectivity index is 1.47. The van der Waals surface area contributed by atoms with Crippen molar-refractivity contribution in [3.05, 3.63) is 90.0 Å². The standard InChI is InChI=1S/C25H25N3O3S/c1-2-3-17-30-22-15-11-20(12-16-22)24(29)31-23-13-9-19(10-14-23)18-26-28-25(32)27-21-7-5-4-6-8-21/h4-16,18H,2-3,17H2,1H3,(H2,27,28,32)/b26-18+. The lowest BCUT2D eigenvalue weighted by molar-refractivity contribution is 0.0734. The number of nitrogens with zero attached hydrogens (tertiary/aromatic N) is 1. The average Bonchev–Trinajstić information content (AvgIpc) is 2.81. The van der Waals surface area contributed by atoms with Crippen molar-refractivity contribution in [1.29, 1.82) is 0 Å². The molecule has 0 saturated heterocycles. The van der Waals surface area contributed by atoms with Gasteiger partial charge in [0.25, 0.3) is 0 Å². The first-order valence-corrected chi connectivity index (χ1v) is 10.7. The van der Waals surface area contributed by atoms with Gasteiger partial charge in [-0.25, -0.2) is 4.79 Å². The summed E-state index contributed by atoms with van der Waals surface area (Å²) in [6.45, 7) is 2.78. The largest absolute Gasteiger partial charge is 0.494 e. The summed E-state index contributed by atoms with van der Waals surface area (Å²) in [6.07, 6.45) is 3.70. The van der Waals surface area contributed by atoms with E-state index in [1.54, 1.807) is 54.7 Å². The fourth-order valence-electron chi connectivity index (χ4n) is 2.66. The number of unbranched alkanes of at least 4 members (excludes halogenated alkanes) is 1. The van der Waals surface area contributed by atoms with E-state index in [2.05, 4.69) is 22.8 Å². The second kappa shape index (κ2) is 12.2.